The van der Waals surface area contributed by atoms with Gasteiger partial charge in [-0.3, -0.25) is 0 Å². The van der Waals surface area contributed by atoms with Crippen LogP contribution < -0.4 is 0 Å². The fourth-order valence-electron chi connectivity index (χ4n) is 0.872. The molecule has 3 nitrogen and oxygen atoms in total. The minimum absolute atomic E-state index is 0.0133. The van der Waals surface area contributed by atoms with E-state index in [9.17, 15) is 18.0 Å². The van der Waals surface area contributed by atoms with Gasteiger partial charge in [0.2, 0.25) is 11.8 Å². The number of isocyanates is 1. The van der Waals surface area contributed by atoms with Gasteiger partial charge in [0.15, 0.2) is 0 Å². The third-order valence-electron chi connectivity index (χ3n) is 1.56. The molecule has 76 valence electrons. The Morgan fingerprint density at radius 1 is 1.50 bits per heavy atom. The summed E-state index contributed by atoms with van der Waals surface area (Å²) in [6, 6.07) is 1.18. The molecule has 0 aliphatic carbocycles. The van der Waals surface area contributed by atoms with Crippen molar-refractivity contribution in [1.29, 1.82) is 0 Å². The van der Waals surface area contributed by atoms with Crippen molar-refractivity contribution in [3.8, 4) is 0 Å². The zero-order valence-corrected chi connectivity index (χ0v) is 7.13. The molecule has 0 aliphatic heterocycles. The lowest BCUT2D eigenvalue weighted by Crippen LogP contribution is -2.02. The van der Waals surface area contributed by atoms with Gasteiger partial charge in [0.1, 0.15) is 11.8 Å². The van der Waals surface area contributed by atoms with Gasteiger partial charge in [-0.2, -0.15) is 18.2 Å². The summed E-state index contributed by atoms with van der Waals surface area (Å²) in [5.74, 6) is -1.11. The van der Waals surface area contributed by atoms with Gasteiger partial charge >= 0.3 is 6.18 Å². The van der Waals surface area contributed by atoms with Gasteiger partial charge in [-0.1, -0.05) is 0 Å². The van der Waals surface area contributed by atoms with E-state index in [0.717, 1.165) is 12.1 Å². The van der Waals surface area contributed by atoms with E-state index >= 15 is 0 Å². The Labute approximate surface area is 77.2 Å². The van der Waals surface area contributed by atoms with Crippen molar-refractivity contribution in [1.82, 2.24) is 0 Å². The number of hydrogen-bond acceptors (Lipinski definition) is 3. The van der Waals surface area contributed by atoms with Crippen LogP contribution in [0.3, 0.4) is 0 Å². The lowest BCUT2D eigenvalue weighted by Gasteiger charge is -2.02. The van der Waals surface area contributed by atoms with E-state index in [1.807, 2.05) is 0 Å². The van der Waals surface area contributed by atoms with Crippen LogP contribution in [0.4, 0.5) is 13.2 Å². The molecule has 1 aromatic rings. The maximum Gasteiger partial charge on any atom is 0.449 e. The first-order chi connectivity index (χ1) is 6.45. The number of hydrogen-bond donors (Lipinski definition) is 0. The Morgan fingerprint density at radius 2 is 2.14 bits per heavy atom. The van der Waals surface area contributed by atoms with Crippen molar-refractivity contribution in [3.05, 3.63) is 23.7 Å². The van der Waals surface area contributed by atoms with E-state index in [4.69, 9.17) is 0 Å². The molecule has 1 unspecified atom stereocenters. The van der Waals surface area contributed by atoms with Crippen LogP contribution in [0, 0.1) is 0 Å². The molecule has 1 rings (SSSR count). The molecule has 0 aliphatic rings. The molecular weight excluding hydrogens is 199 g/mol. The van der Waals surface area contributed by atoms with Crippen molar-refractivity contribution in [2.24, 2.45) is 4.99 Å². The first kappa shape index (κ1) is 10.5. The van der Waals surface area contributed by atoms with Crippen molar-refractivity contribution in [2.75, 3.05) is 0 Å². The summed E-state index contributed by atoms with van der Waals surface area (Å²) >= 11 is 0. The summed E-state index contributed by atoms with van der Waals surface area (Å²) in [5.41, 5.74) is 0. The highest BCUT2D eigenvalue weighted by molar-refractivity contribution is 5.34. The molecule has 1 atom stereocenters. The van der Waals surface area contributed by atoms with Crippen LogP contribution in [0.1, 0.15) is 24.5 Å². The molecule has 0 radical (unpaired) electrons. The quantitative estimate of drug-likeness (QED) is 0.550. The predicted molar refractivity (Wildman–Crippen MR) is 40.2 cm³/mol. The lowest BCUT2D eigenvalue weighted by atomic mass is 10.3. The summed E-state index contributed by atoms with van der Waals surface area (Å²) < 4.78 is 40.6. The topological polar surface area (TPSA) is 42.6 Å². The van der Waals surface area contributed by atoms with Crippen LogP contribution in [0.15, 0.2) is 21.5 Å². The standard InChI is InChI=1S/C8H6F3NO2/c1-5(12-4-13)6-2-3-7(14-6)8(9,10)11/h2-3,5H,1H3. The second kappa shape index (κ2) is 3.67. The molecular formula is C8H6F3NO2. The molecule has 0 N–H and O–H groups in total. The van der Waals surface area contributed by atoms with Gasteiger partial charge in [-0.25, -0.2) is 4.79 Å². The minimum Gasteiger partial charge on any atom is -0.454 e. The number of furan rings is 1. The fourth-order valence-corrected chi connectivity index (χ4v) is 0.872. The summed E-state index contributed by atoms with van der Waals surface area (Å²) in [7, 11) is 0. The van der Waals surface area contributed by atoms with Crippen LogP contribution in [0.25, 0.3) is 0 Å². The summed E-state index contributed by atoms with van der Waals surface area (Å²) in [6.45, 7) is 1.43. The van der Waals surface area contributed by atoms with Crippen LogP contribution in [0.2, 0.25) is 0 Å². The van der Waals surface area contributed by atoms with Gasteiger partial charge < -0.3 is 4.42 Å². The highest BCUT2D eigenvalue weighted by Gasteiger charge is 2.35. The van der Waals surface area contributed by atoms with Gasteiger partial charge in [0, 0.05) is 0 Å². The molecule has 14 heavy (non-hydrogen) atoms. The molecule has 0 aromatic carbocycles. The highest BCUT2D eigenvalue weighted by atomic mass is 19.4. The molecule has 0 saturated carbocycles. The monoisotopic (exact) mass is 205 g/mol. The normalized spacial score (nSPS) is 13.4. The average molecular weight is 205 g/mol. The Kier molecular flexibility index (Phi) is 2.76. The average Bonchev–Trinajstić information content (AvgIpc) is 2.51. The zero-order valence-electron chi connectivity index (χ0n) is 7.13. The second-order valence-electron chi connectivity index (χ2n) is 2.60. The zero-order chi connectivity index (χ0) is 10.8. The molecule has 6 heteroatoms. The number of halogens is 3. The third kappa shape index (κ3) is 2.23. The molecule has 0 bridgehead atoms. The maximum absolute atomic E-state index is 12.0. The number of rotatable bonds is 2. The van der Waals surface area contributed by atoms with E-state index in [-0.39, 0.29) is 5.76 Å². The smallest absolute Gasteiger partial charge is 0.449 e. The van der Waals surface area contributed by atoms with Gasteiger partial charge in [-0.05, 0) is 19.1 Å². The van der Waals surface area contributed by atoms with E-state index in [2.05, 4.69) is 9.41 Å². The van der Waals surface area contributed by atoms with Crippen molar-refractivity contribution >= 4 is 6.08 Å². The van der Waals surface area contributed by atoms with E-state index in [1.54, 1.807) is 0 Å². The molecule has 0 amide bonds. The van der Waals surface area contributed by atoms with E-state index in [0.29, 0.717) is 0 Å². The highest BCUT2D eigenvalue weighted by Crippen LogP contribution is 2.32. The number of alkyl halides is 3. The maximum atomic E-state index is 12.0. The van der Waals surface area contributed by atoms with Crippen LogP contribution in [-0.2, 0) is 11.0 Å². The summed E-state index contributed by atoms with van der Waals surface area (Å²) in [6.07, 6.45) is -3.26. The first-order valence-corrected chi connectivity index (χ1v) is 3.69. The Morgan fingerprint density at radius 3 is 2.57 bits per heavy atom. The van der Waals surface area contributed by atoms with E-state index in [1.165, 1.54) is 13.0 Å². The first-order valence-electron chi connectivity index (χ1n) is 3.69. The fraction of sp³-hybridized carbons (Fsp3) is 0.375. The number of nitrogens with zero attached hydrogens (tertiary/aromatic N) is 1. The van der Waals surface area contributed by atoms with Crippen LogP contribution in [0.5, 0.6) is 0 Å². The third-order valence-corrected chi connectivity index (χ3v) is 1.56. The van der Waals surface area contributed by atoms with Crippen molar-refractivity contribution < 1.29 is 22.4 Å². The molecule has 1 aromatic heterocycles. The second-order valence-corrected chi connectivity index (χ2v) is 2.60. The summed E-state index contributed by atoms with van der Waals surface area (Å²) in [5, 5.41) is 0. The molecule has 0 saturated heterocycles. The Hall–Kier alpha value is -1.55. The Bertz CT molecular complexity index is 363. The van der Waals surface area contributed by atoms with Crippen LogP contribution in [-0.4, -0.2) is 6.08 Å². The largest absolute Gasteiger partial charge is 0.454 e. The van der Waals surface area contributed by atoms with Gasteiger partial charge in [0.05, 0.1) is 0 Å². The van der Waals surface area contributed by atoms with Gasteiger partial charge in [-0.15, -0.1) is 0 Å². The number of aliphatic imine (C=N–C) groups is 1. The van der Waals surface area contributed by atoms with Crippen molar-refractivity contribution in [3.63, 3.8) is 0 Å². The Balaban J connectivity index is 2.93. The van der Waals surface area contributed by atoms with Crippen molar-refractivity contribution in [2.45, 2.75) is 19.1 Å². The minimum atomic E-state index is -4.51. The van der Waals surface area contributed by atoms with E-state index < -0.39 is 18.0 Å². The molecule has 0 spiro atoms. The molecule has 1 heterocycles. The molecule has 0 fully saturated rings. The SMILES string of the molecule is CC(N=C=O)c1ccc(C(F)(F)F)o1. The predicted octanol–water partition coefficient (Wildman–Crippen LogP) is 2.70. The van der Waals surface area contributed by atoms with Gasteiger partial charge in [0.25, 0.3) is 0 Å². The number of carbonyl (C=O) groups excluding carboxylic acids is 1. The van der Waals surface area contributed by atoms with Crippen LogP contribution >= 0.6 is 0 Å². The summed E-state index contributed by atoms with van der Waals surface area (Å²) in [4.78, 5) is 13.1. The lowest BCUT2D eigenvalue weighted by molar-refractivity contribution is -0.153.